The van der Waals surface area contributed by atoms with E-state index >= 15 is 0 Å². The minimum absolute atomic E-state index is 0.0973. The van der Waals surface area contributed by atoms with E-state index < -0.39 is 12.0 Å². The van der Waals surface area contributed by atoms with Crippen molar-refractivity contribution in [2.75, 3.05) is 19.6 Å². The van der Waals surface area contributed by atoms with Gasteiger partial charge in [-0.1, -0.05) is 30.3 Å². The highest BCUT2D eigenvalue weighted by molar-refractivity contribution is 5.83. The Kier molecular flexibility index (Phi) is 5.15. The molecule has 3 amide bonds. The molecular weight excluding hydrogens is 334 g/mol. The van der Waals surface area contributed by atoms with Gasteiger partial charge in [0, 0.05) is 33.1 Å². The summed E-state index contributed by atoms with van der Waals surface area (Å²) in [5.41, 5.74) is 0.858. The smallest absolute Gasteiger partial charge is 0.326 e. The fraction of sp³-hybridized carbons (Fsp3) is 0.526. The first-order valence-electron chi connectivity index (χ1n) is 8.97. The second-order valence-electron chi connectivity index (χ2n) is 7.34. The standard InChI is InChI=1S/C19H25N3O4/c1-14(23)22-13-19(11-16(22)17(24)25)7-9-21(10-8-19)18(26)20-12-15-5-3-2-4-6-15/h2-6,16H,7-13H2,1H3,(H,20,26)(H,24,25). The Morgan fingerprint density at radius 3 is 2.38 bits per heavy atom. The van der Waals surface area contributed by atoms with Crippen molar-refractivity contribution < 1.29 is 19.5 Å². The summed E-state index contributed by atoms with van der Waals surface area (Å²) in [4.78, 5) is 38.9. The Labute approximate surface area is 153 Å². The number of carboxylic acid groups (broad SMARTS) is 1. The first kappa shape index (κ1) is 18.2. The lowest BCUT2D eigenvalue weighted by molar-refractivity contribution is -0.147. The molecule has 140 valence electrons. The monoisotopic (exact) mass is 359 g/mol. The quantitative estimate of drug-likeness (QED) is 0.859. The molecule has 1 unspecified atom stereocenters. The molecule has 0 saturated carbocycles. The zero-order valence-electron chi connectivity index (χ0n) is 15.0. The van der Waals surface area contributed by atoms with Crippen molar-refractivity contribution >= 4 is 17.9 Å². The van der Waals surface area contributed by atoms with Gasteiger partial charge in [-0.2, -0.15) is 0 Å². The Morgan fingerprint density at radius 1 is 1.19 bits per heavy atom. The number of urea groups is 1. The van der Waals surface area contributed by atoms with Crippen LogP contribution in [0.5, 0.6) is 0 Å². The van der Waals surface area contributed by atoms with Crippen molar-refractivity contribution in [3.63, 3.8) is 0 Å². The van der Waals surface area contributed by atoms with Gasteiger partial charge in [0.05, 0.1) is 0 Å². The number of aliphatic carboxylic acids is 1. The van der Waals surface area contributed by atoms with Crippen molar-refractivity contribution in [1.82, 2.24) is 15.1 Å². The van der Waals surface area contributed by atoms with Crippen LogP contribution in [0.4, 0.5) is 4.79 Å². The molecule has 0 aliphatic carbocycles. The number of piperidine rings is 1. The molecule has 7 heteroatoms. The molecule has 2 fully saturated rings. The molecule has 0 bridgehead atoms. The molecule has 2 aliphatic heterocycles. The zero-order valence-corrected chi connectivity index (χ0v) is 15.0. The lowest BCUT2D eigenvalue weighted by Crippen LogP contribution is -2.48. The fourth-order valence-corrected chi connectivity index (χ4v) is 4.04. The van der Waals surface area contributed by atoms with Crippen molar-refractivity contribution in [2.24, 2.45) is 5.41 Å². The summed E-state index contributed by atoms with van der Waals surface area (Å²) in [6.45, 7) is 3.54. The van der Waals surface area contributed by atoms with Gasteiger partial charge in [0.1, 0.15) is 6.04 Å². The topological polar surface area (TPSA) is 90.0 Å². The number of rotatable bonds is 3. The summed E-state index contributed by atoms with van der Waals surface area (Å²) in [6.07, 6.45) is 1.92. The molecule has 1 spiro atoms. The SMILES string of the molecule is CC(=O)N1CC2(CCN(C(=O)NCc3ccccc3)CC2)CC1C(=O)O. The molecule has 7 nitrogen and oxygen atoms in total. The maximum Gasteiger partial charge on any atom is 0.326 e. The number of hydrogen-bond donors (Lipinski definition) is 2. The van der Waals surface area contributed by atoms with Crippen LogP contribution < -0.4 is 5.32 Å². The Bertz CT molecular complexity index is 659. The van der Waals surface area contributed by atoms with Gasteiger partial charge in [-0.15, -0.1) is 0 Å². The number of carboxylic acids is 1. The van der Waals surface area contributed by atoms with Crippen LogP contribution in [0.1, 0.15) is 31.7 Å². The summed E-state index contributed by atoms with van der Waals surface area (Å²) >= 11 is 0. The van der Waals surface area contributed by atoms with Crippen LogP contribution in [0.15, 0.2) is 30.3 Å². The number of carbonyl (C=O) groups excluding carboxylic acids is 2. The minimum Gasteiger partial charge on any atom is -0.480 e. The predicted molar refractivity (Wildman–Crippen MR) is 95.3 cm³/mol. The summed E-state index contributed by atoms with van der Waals surface area (Å²) in [5, 5.41) is 12.3. The summed E-state index contributed by atoms with van der Waals surface area (Å²) in [6, 6.07) is 8.90. The third-order valence-corrected chi connectivity index (χ3v) is 5.60. The number of amides is 3. The normalized spacial score (nSPS) is 21.7. The van der Waals surface area contributed by atoms with E-state index in [2.05, 4.69) is 5.32 Å². The van der Waals surface area contributed by atoms with Crippen molar-refractivity contribution in [2.45, 2.75) is 38.8 Å². The fourth-order valence-electron chi connectivity index (χ4n) is 4.04. The number of benzene rings is 1. The third kappa shape index (κ3) is 3.81. The van der Waals surface area contributed by atoms with E-state index in [9.17, 15) is 19.5 Å². The molecule has 1 atom stereocenters. The molecule has 2 aliphatic rings. The number of likely N-dealkylation sites (tertiary alicyclic amines) is 2. The molecule has 3 rings (SSSR count). The molecule has 26 heavy (non-hydrogen) atoms. The van der Waals surface area contributed by atoms with Crippen LogP contribution in [0, 0.1) is 5.41 Å². The van der Waals surface area contributed by atoms with Crippen LogP contribution in [0.2, 0.25) is 0 Å². The minimum atomic E-state index is -0.944. The van der Waals surface area contributed by atoms with E-state index in [0.717, 1.165) is 18.4 Å². The molecule has 0 aromatic heterocycles. The molecular formula is C19H25N3O4. The summed E-state index contributed by atoms with van der Waals surface area (Å²) in [7, 11) is 0. The van der Waals surface area contributed by atoms with E-state index in [-0.39, 0.29) is 17.4 Å². The maximum absolute atomic E-state index is 12.4. The van der Waals surface area contributed by atoms with Crippen LogP contribution in [0.3, 0.4) is 0 Å². The van der Waals surface area contributed by atoms with Crippen molar-refractivity contribution in [1.29, 1.82) is 0 Å². The Balaban J connectivity index is 1.54. The van der Waals surface area contributed by atoms with Gasteiger partial charge in [0.2, 0.25) is 5.91 Å². The van der Waals surface area contributed by atoms with Crippen LogP contribution in [-0.4, -0.2) is 58.5 Å². The maximum atomic E-state index is 12.4. The predicted octanol–water partition coefficient (Wildman–Crippen LogP) is 1.68. The number of carbonyl (C=O) groups is 3. The van der Waals surface area contributed by atoms with Crippen LogP contribution >= 0.6 is 0 Å². The van der Waals surface area contributed by atoms with E-state index in [4.69, 9.17) is 0 Å². The van der Waals surface area contributed by atoms with Gasteiger partial charge in [0.25, 0.3) is 0 Å². The second kappa shape index (κ2) is 7.35. The van der Waals surface area contributed by atoms with Crippen LogP contribution in [0.25, 0.3) is 0 Å². The molecule has 0 radical (unpaired) electrons. The van der Waals surface area contributed by atoms with Gasteiger partial charge < -0.3 is 20.2 Å². The first-order valence-corrected chi connectivity index (χ1v) is 8.97. The van der Waals surface area contributed by atoms with Crippen molar-refractivity contribution in [3.05, 3.63) is 35.9 Å². The van der Waals surface area contributed by atoms with E-state index in [0.29, 0.717) is 32.6 Å². The van der Waals surface area contributed by atoms with Gasteiger partial charge in [-0.25, -0.2) is 9.59 Å². The number of nitrogens with one attached hydrogen (secondary N) is 1. The Hall–Kier alpha value is -2.57. The van der Waals surface area contributed by atoms with Crippen LogP contribution in [-0.2, 0) is 16.1 Å². The van der Waals surface area contributed by atoms with E-state index in [1.54, 1.807) is 4.90 Å². The van der Waals surface area contributed by atoms with Gasteiger partial charge in [0.15, 0.2) is 0 Å². The lowest BCUT2D eigenvalue weighted by Gasteiger charge is -2.39. The number of hydrogen-bond acceptors (Lipinski definition) is 3. The summed E-state index contributed by atoms with van der Waals surface area (Å²) < 4.78 is 0. The van der Waals surface area contributed by atoms with Crippen molar-refractivity contribution in [3.8, 4) is 0 Å². The second-order valence-corrected chi connectivity index (χ2v) is 7.34. The molecule has 2 heterocycles. The number of nitrogens with zero attached hydrogens (tertiary/aromatic N) is 2. The molecule has 1 aromatic rings. The molecule has 1 aromatic carbocycles. The average molecular weight is 359 g/mol. The highest BCUT2D eigenvalue weighted by Crippen LogP contribution is 2.43. The first-order chi connectivity index (χ1) is 12.4. The lowest BCUT2D eigenvalue weighted by atomic mass is 9.76. The van der Waals surface area contributed by atoms with Gasteiger partial charge in [-0.3, -0.25) is 4.79 Å². The van der Waals surface area contributed by atoms with Gasteiger partial charge >= 0.3 is 12.0 Å². The zero-order chi connectivity index (χ0) is 18.7. The largest absolute Gasteiger partial charge is 0.480 e. The average Bonchev–Trinajstić information content (AvgIpc) is 3.01. The highest BCUT2D eigenvalue weighted by atomic mass is 16.4. The van der Waals surface area contributed by atoms with E-state index in [1.165, 1.54) is 11.8 Å². The highest BCUT2D eigenvalue weighted by Gasteiger charge is 2.49. The Morgan fingerprint density at radius 2 is 1.85 bits per heavy atom. The molecule has 2 saturated heterocycles. The van der Waals surface area contributed by atoms with E-state index in [1.807, 2.05) is 30.3 Å². The summed E-state index contributed by atoms with van der Waals surface area (Å²) in [5.74, 6) is -1.14. The molecule has 2 N–H and O–H groups in total. The van der Waals surface area contributed by atoms with Gasteiger partial charge in [-0.05, 0) is 30.2 Å². The third-order valence-electron chi connectivity index (χ3n) is 5.60.